The fourth-order valence-electron chi connectivity index (χ4n) is 2.66. The number of allylic oxidation sites excluding steroid dienone is 1. The lowest BCUT2D eigenvalue weighted by Crippen LogP contribution is -2.22. The third kappa shape index (κ3) is 4.35. The number of aromatic nitrogens is 1. The molecule has 2 aromatic carbocycles. The first-order valence-electron chi connectivity index (χ1n) is 8.70. The Morgan fingerprint density at radius 1 is 1.11 bits per heavy atom. The number of phenolic OH excluding ortho intramolecular Hbond substituents is 1. The average molecular weight is 392 g/mol. The highest BCUT2D eigenvalue weighted by Crippen LogP contribution is 2.30. The second-order valence-corrected chi connectivity index (χ2v) is 7.26. The molecular weight excluding hydrogens is 372 g/mol. The molecule has 6 heteroatoms. The van der Waals surface area contributed by atoms with E-state index in [1.54, 1.807) is 28.5 Å². The largest absolute Gasteiger partial charge is 0.508 e. The van der Waals surface area contributed by atoms with Crippen LogP contribution in [0.1, 0.15) is 34.1 Å². The normalized spacial score (nSPS) is 11.0. The molecular formula is C22H20N2O3S. The SMILES string of the molecule is CC(=O)N(c1ccc(C)c(C)c1)c1nc(/C=C/C(=O)c2cccc(O)c2)cs1. The van der Waals surface area contributed by atoms with E-state index in [9.17, 15) is 14.7 Å². The standard InChI is InChI=1S/C22H20N2O3S/c1-14-7-9-19(11-15(14)2)24(16(3)25)22-23-18(13-28-22)8-10-21(27)17-5-4-6-20(26)12-17/h4-13,26H,1-3H3/b10-8+. The van der Waals surface area contributed by atoms with E-state index in [1.807, 2.05) is 32.0 Å². The van der Waals surface area contributed by atoms with Crippen LogP contribution in [0, 0.1) is 13.8 Å². The average Bonchev–Trinajstić information content (AvgIpc) is 3.11. The molecule has 142 valence electrons. The number of benzene rings is 2. The molecule has 3 aromatic rings. The van der Waals surface area contributed by atoms with Gasteiger partial charge >= 0.3 is 0 Å². The molecule has 0 radical (unpaired) electrons. The highest BCUT2D eigenvalue weighted by Gasteiger charge is 2.18. The molecule has 0 unspecified atom stereocenters. The molecule has 0 fully saturated rings. The van der Waals surface area contributed by atoms with Crippen LogP contribution in [-0.4, -0.2) is 21.8 Å². The van der Waals surface area contributed by atoms with Gasteiger partial charge in [0.1, 0.15) is 5.75 Å². The summed E-state index contributed by atoms with van der Waals surface area (Å²) in [5, 5.41) is 11.8. The monoisotopic (exact) mass is 392 g/mol. The molecule has 0 atom stereocenters. The zero-order valence-corrected chi connectivity index (χ0v) is 16.7. The second kappa shape index (κ2) is 8.19. The van der Waals surface area contributed by atoms with Crippen LogP contribution < -0.4 is 4.90 Å². The van der Waals surface area contributed by atoms with Crippen molar-refractivity contribution < 1.29 is 14.7 Å². The van der Waals surface area contributed by atoms with Crippen LogP contribution in [0.5, 0.6) is 5.75 Å². The number of anilines is 2. The van der Waals surface area contributed by atoms with Crippen LogP contribution in [0.4, 0.5) is 10.8 Å². The molecule has 0 saturated heterocycles. The zero-order chi connectivity index (χ0) is 20.3. The number of amides is 1. The summed E-state index contributed by atoms with van der Waals surface area (Å²) in [6.07, 6.45) is 3.01. The van der Waals surface area contributed by atoms with Gasteiger partial charge < -0.3 is 5.11 Å². The molecule has 0 spiro atoms. The predicted octanol–water partition coefficient (Wildman–Crippen LogP) is 5.05. The summed E-state index contributed by atoms with van der Waals surface area (Å²) in [5.74, 6) is -0.326. The number of nitrogens with zero attached hydrogens (tertiary/aromatic N) is 2. The van der Waals surface area contributed by atoms with E-state index in [0.29, 0.717) is 16.4 Å². The van der Waals surface area contributed by atoms with Crippen molar-refractivity contribution in [3.63, 3.8) is 0 Å². The van der Waals surface area contributed by atoms with Crippen LogP contribution in [0.25, 0.3) is 6.08 Å². The van der Waals surface area contributed by atoms with Crippen LogP contribution in [-0.2, 0) is 4.79 Å². The van der Waals surface area contributed by atoms with E-state index in [0.717, 1.165) is 16.8 Å². The van der Waals surface area contributed by atoms with E-state index in [2.05, 4.69) is 4.98 Å². The van der Waals surface area contributed by atoms with Crippen molar-refractivity contribution in [3.05, 3.63) is 76.3 Å². The maximum atomic E-state index is 12.2. The van der Waals surface area contributed by atoms with Crippen molar-refractivity contribution in [1.29, 1.82) is 0 Å². The third-order valence-corrected chi connectivity index (χ3v) is 5.14. The Kier molecular flexibility index (Phi) is 5.70. The van der Waals surface area contributed by atoms with E-state index < -0.39 is 0 Å². The number of phenols is 1. The molecule has 1 aromatic heterocycles. The first kappa shape index (κ1) is 19.5. The molecule has 1 amide bonds. The van der Waals surface area contributed by atoms with Crippen molar-refractivity contribution in [2.75, 3.05) is 4.90 Å². The summed E-state index contributed by atoms with van der Waals surface area (Å²) < 4.78 is 0. The molecule has 1 heterocycles. The number of aryl methyl sites for hydroxylation is 2. The number of hydrogen-bond acceptors (Lipinski definition) is 5. The second-order valence-electron chi connectivity index (χ2n) is 6.43. The van der Waals surface area contributed by atoms with Crippen LogP contribution in [0.3, 0.4) is 0 Å². The van der Waals surface area contributed by atoms with Crippen molar-refractivity contribution >= 4 is 39.9 Å². The maximum absolute atomic E-state index is 12.2. The molecule has 0 aliphatic rings. The minimum Gasteiger partial charge on any atom is -0.508 e. The summed E-state index contributed by atoms with van der Waals surface area (Å²) in [5.41, 5.74) is 3.99. The molecule has 5 nitrogen and oxygen atoms in total. The van der Waals surface area contributed by atoms with Crippen molar-refractivity contribution in [2.45, 2.75) is 20.8 Å². The Morgan fingerprint density at radius 2 is 1.89 bits per heavy atom. The van der Waals surface area contributed by atoms with Gasteiger partial charge in [-0.05, 0) is 61.4 Å². The fourth-order valence-corrected chi connectivity index (χ4v) is 3.52. The lowest BCUT2D eigenvalue weighted by Gasteiger charge is -2.19. The first-order valence-corrected chi connectivity index (χ1v) is 9.58. The number of rotatable bonds is 5. The predicted molar refractivity (Wildman–Crippen MR) is 112 cm³/mol. The van der Waals surface area contributed by atoms with Gasteiger partial charge in [0.25, 0.3) is 0 Å². The summed E-state index contributed by atoms with van der Waals surface area (Å²) in [7, 11) is 0. The molecule has 0 saturated carbocycles. The van der Waals surface area contributed by atoms with E-state index in [4.69, 9.17) is 0 Å². The van der Waals surface area contributed by atoms with Gasteiger partial charge in [0.15, 0.2) is 10.9 Å². The quantitative estimate of drug-likeness (QED) is 0.487. The topological polar surface area (TPSA) is 70.5 Å². The summed E-state index contributed by atoms with van der Waals surface area (Å²) in [6.45, 7) is 5.52. The van der Waals surface area contributed by atoms with Gasteiger partial charge in [-0.25, -0.2) is 4.98 Å². The molecule has 3 rings (SSSR count). The van der Waals surface area contributed by atoms with Gasteiger partial charge in [0.05, 0.1) is 11.4 Å². The van der Waals surface area contributed by atoms with Crippen molar-refractivity contribution in [2.24, 2.45) is 0 Å². The van der Waals surface area contributed by atoms with Gasteiger partial charge in [-0.3, -0.25) is 14.5 Å². The smallest absolute Gasteiger partial charge is 0.230 e. The summed E-state index contributed by atoms with van der Waals surface area (Å²) >= 11 is 1.33. The number of hydrogen-bond donors (Lipinski definition) is 1. The molecule has 0 aliphatic heterocycles. The molecule has 0 bridgehead atoms. The fraction of sp³-hybridized carbons (Fsp3) is 0.136. The van der Waals surface area contributed by atoms with E-state index in [1.165, 1.54) is 36.5 Å². The molecule has 1 N–H and O–H groups in total. The maximum Gasteiger partial charge on any atom is 0.230 e. The Morgan fingerprint density at radius 3 is 2.57 bits per heavy atom. The number of carbonyl (C=O) groups is 2. The van der Waals surface area contributed by atoms with Crippen molar-refractivity contribution in [3.8, 4) is 5.75 Å². The Labute approximate surface area is 167 Å². The Bertz CT molecular complexity index is 1070. The van der Waals surface area contributed by atoms with Crippen molar-refractivity contribution in [1.82, 2.24) is 4.98 Å². The third-order valence-electron chi connectivity index (χ3n) is 4.30. The Balaban J connectivity index is 1.84. The highest BCUT2D eigenvalue weighted by molar-refractivity contribution is 7.14. The summed E-state index contributed by atoms with van der Waals surface area (Å²) in [4.78, 5) is 30.5. The highest BCUT2D eigenvalue weighted by atomic mass is 32.1. The van der Waals surface area contributed by atoms with Crippen LogP contribution >= 0.6 is 11.3 Å². The minimum absolute atomic E-state index is 0.0423. The Hall–Kier alpha value is -3.25. The van der Waals surface area contributed by atoms with Crippen LogP contribution in [0.2, 0.25) is 0 Å². The van der Waals surface area contributed by atoms with Crippen LogP contribution in [0.15, 0.2) is 53.9 Å². The van der Waals surface area contributed by atoms with E-state index >= 15 is 0 Å². The van der Waals surface area contributed by atoms with E-state index in [-0.39, 0.29) is 17.4 Å². The number of aromatic hydroxyl groups is 1. The lowest BCUT2D eigenvalue weighted by atomic mass is 10.1. The van der Waals surface area contributed by atoms with Gasteiger partial charge in [-0.1, -0.05) is 18.2 Å². The number of carbonyl (C=O) groups excluding carboxylic acids is 2. The molecule has 0 aliphatic carbocycles. The minimum atomic E-state index is -0.233. The number of thiazole rings is 1. The lowest BCUT2D eigenvalue weighted by molar-refractivity contribution is -0.115. The zero-order valence-electron chi connectivity index (χ0n) is 15.8. The van der Waals surface area contributed by atoms with Gasteiger partial charge in [0.2, 0.25) is 5.91 Å². The van der Waals surface area contributed by atoms with Gasteiger partial charge in [0, 0.05) is 17.9 Å². The van der Waals surface area contributed by atoms with Gasteiger partial charge in [-0.15, -0.1) is 11.3 Å². The number of ketones is 1. The van der Waals surface area contributed by atoms with Gasteiger partial charge in [-0.2, -0.15) is 0 Å². The molecule has 28 heavy (non-hydrogen) atoms. The first-order chi connectivity index (χ1) is 13.3. The summed E-state index contributed by atoms with van der Waals surface area (Å²) in [6, 6.07) is 12.0.